The molecule has 162 valence electrons. The number of piperazine rings is 1. The number of amides is 1. The lowest BCUT2D eigenvalue weighted by molar-refractivity contribution is -0.114. The minimum atomic E-state index is -0.602. The number of methoxy groups -OCH3 is 1. The van der Waals surface area contributed by atoms with Crippen LogP contribution >= 0.6 is 0 Å². The number of hydrogen-bond donors (Lipinski definition) is 2. The van der Waals surface area contributed by atoms with Crippen molar-refractivity contribution in [1.29, 1.82) is 0 Å². The maximum absolute atomic E-state index is 11.2. The molecule has 0 radical (unpaired) electrons. The second-order valence-electron chi connectivity index (χ2n) is 7.59. The van der Waals surface area contributed by atoms with E-state index in [1.54, 1.807) is 25.3 Å². The molecule has 2 aromatic carbocycles. The van der Waals surface area contributed by atoms with Crippen LogP contribution in [0.3, 0.4) is 0 Å². The molecule has 1 saturated heterocycles. The lowest BCUT2D eigenvalue weighted by atomic mass is 10.1. The summed E-state index contributed by atoms with van der Waals surface area (Å²) in [5.41, 5.74) is 3.22. The predicted octanol–water partition coefficient (Wildman–Crippen LogP) is 2.52. The lowest BCUT2D eigenvalue weighted by Gasteiger charge is -2.37. The van der Waals surface area contributed by atoms with Crippen molar-refractivity contribution in [1.82, 2.24) is 4.90 Å². The molecule has 7 nitrogen and oxygen atoms in total. The van der Waals surface area contributed by atoms with Gasteiger partial charge in [0.15, 0.2) is 11.5 Å². The summed E-state index contributed by atoms with van der Waals surface area (Å²) in [5.74, 6) is 0.902. The molecule has 2 N–H and O–H groups in total. The molecular formula is C23H31N3O4. The molecular weight excluding hydrogens is 382 g/mol. The SMILES string of the molecule is COc1cc(NC(C)=O)ccc1OCC(O)CN1CCN(c2ccccc2C)CC1. The number of rotatable bonds is 8. The summed E-state index contributed by atoms with van der Waals surface area (Å²) in [6, 6.07) is 13.6. The number of hydrogen-bond acceptors (Lipinski definition) is 6. The fourth-order valence-electron chi connectivity index (χ4n) is 3.69. The Kier molecular flexibility index (Phi) is 7.54. The van der Waals surface area contributed by atoms with Gasteiger partial charge in [-0.05, 0) is 30.7 Å². The largest absolute Gasteiger partial charge is 0.493 e. The van der Waals surface area contributed by atoms with Gasteiger partial charge in [-0.1, -0.05) is 18.2 Å². The molecule has 0 saturated carbocycles. The van der Waals surface area contributed by atoms with Crippen LogP contribution in [0.2, 0.25) is 0 Å². The quantitative estimate of drug-likeness (QED) is 0.693. The molecule has 1 aliphatic heterocycles. The predicted molar refractivity (Wildman–Crippen MR) is 119 cm³/mol. The van der Waals surface area contributed by atoms with Crippen LogP contribution in [0.5, 0.6) is 11.5 Å². The summed E-state index contributed by atoms with van der Waals surface area (Å²) in [7, 11) is 1.55. The number of nitrogens with one attached hydrogen (secondary N) is 1. The van der Waals surface area contributed by atoms with Gasteiger partial charge in [-0.3, -0.25) is 9.69 Å². The molecule has 0 aromatic heterocycles. The van der Waals surface area contributed by atoms with Crippen molar-refractivity contribution < 1.29 is 19.4 Å². The summed E-state index contributed by atoms with van der Waals surface area (Å²) in [6.45, 7) is 8.02. The number of aliphatic hydroxyl groups excluding tert-OH is 1. The van der Waals surface area contributed by atoms with Crippen LogP contribution in [0.1, 0.15) is 12.5 Å². The normalized spacial score (nSPS) is 15.5. The maximum atomic E-state index is 11.2. The molecule has 2 aromatic rings. The van der Waals surface area contributed by atoms with E-state index < -0.39 is 6.10 Å². The zero-order chi connectivity index (χ0) is 21.5. The van der Waals surface area contributed by atoms with Crippen LogP contribution in [0.25, 0.3) is 0 Å². The smallest absolute Gasteiger partial charge is 0.221 e. The van der Waals surface area contributed by atoms with E-state index in [1.165, 1.54) is 18.2 Å². The van der Waals surface area contributed by atoms with Crippen molar-refractivity contribution >= 4 is 17.3 Å². The van der Waals surface area contributed by atoms with Gasteiger partial charge in [0.25, 0.3) is 0 Å². The van der Waals surface area contributed by atoms with Gasteiger partial charge in [-0.2, -0.15) is 0 Å². The fourth-order valence-corrected chi connectivity index (χ4v) is 3.69. The monoisotopic (exact) mass is 413 g/mol. The summed E-state index contributed by atoms with van der Waals surface area (Å²) in [4.78, 5) is 15.9. The van der Waals surface area contributed by atoms with Crippen LogP contribution in [-0.4, -0.2) is 68.5 Å². The zero-order valence-corrected chi connectivity index (χ0v) is 17.9. The van der Waals surface area contributed by atoms with E-state index in [1.807, 2.05) is 0 Å². The standard InChI is InChI=1S/C23H31N3O4/c1-17-6-4-5-7-21(17)26-12-10-25(11-13-26)15-20(28)16-30-22-9-8-19(24-18(2)27)14-23(22)29-3/h4-9,14,20,28H,10-13,15-16H2,1-3H3,(H,24,27). The lowest BCUT2D eigenvalue weighted by Crippen LogP contribution is -2.49. The molecule has 1 heterocycles. The van der Waals surface area contributed by atoms with Gasteiger partial charge in [0.2, 0.25) is 5.91 Å². The van der Waals surface area contributed by atoms with Gasteiger partial charge >= 0.3 is 0 Å². The molecule has 30 heavy (non-hydrogen) atoms. The first-order valence-corrected chi connectivity index (χ1v) is 10.3. The van der Waals surface area contributed by atoms with Crippen LogP contribution in [0.15, 0.2) is 42.5 Å². The number of anilines is 2. The van der Waals surface area contributed by atoms with Crippen molar-refractivity contribution in [2.45, 2.75) is 20.0 Å². The van der Waals surface area contributed by atoms with Crippen molar-refractivity contribution in [3.8, 4) is 11.5 Å². The number of aliphatic hydroxyl groups is 1. The van der Waals surface area contributed by atoms with E-state index in [0.29, 0.717) is 23.7 Å². The Labute approximate surface area is 178 Å². The number of nitrogens with zero attached hydrogens (tertiary/aromatic N) is 2. The molecule has 3 rings (SSSR count). The van der Waals surface area contributed by atoms with Crippen LogP contribution in [-0.2, 0) is 4.79 Å². The Hall–Kier alpha value is -2.77. The summed E-state index contributed by atoms with van der Waals surface area (Å²) >= 11 is 0. The molecule has 7 heteroatoms. The second-order valence-corrected chi connectivity index (χ2v) is 7.59. The average Bonchev–Trinajstić information content (AvgIpc) is 2.73. The zero-order valence-electron chi connectivity index (χ0n) is 17.9. The van der Waals surface area contributed by atoms with Crippen LogP contribution in [0, 0.1) is 6.92 Å². The highest BCUT2D eigenvalue weighted by molar-refractivity contribution is 5.89. The highest BCUT2D eigenvalue weighted by atomic mass is 16.5. The van der Waals surface area contributed by atoms with Gasteiger partial charge in [-0.15, -0.1) is 0 Å². The summed E-state index contributed by atoms with van der Waals surface area (Å²) in [6.07, 6.45) is -0.602. The van der Waals surface area contributed by atoms with Crippen molar-refractivity contribution in [2.24, 2.45) is 0 Å². The van der Waals surface area contributed by atoms with Crippen LogP contribution < -0.4 is 19.7 Å². The van der Waals surface area contributed by atoms with E-state index >= 15 is 0 Å². The first-order valence-electron chi connectivity index (χ1n) is 10.3. The number of benzene rings is 2. The number of para-hydroxylation sites is 1. The number of β-amino-alcohol motifs (C(OH)–C–C–N with tert-alkyl or cyclic N) is 1. The fraction of sp³-hybridized carbons (Fsp3) is 0.435. The maximum Gasteiger partial charge on any atom is 0.221 e. The Morgan fingerprint density at radius 2 is 1.87 bits per heavy atom. The number of aryl methyl sites for hydroxylation is 1. The van der Waals surface area contributed by atoms with Gasteiger partial charge < -0.3 is 24.8 Å². The van der Waals surface area contributed by atoms with E-state index in [-0.39, 0.29) is 12.5 Å². The molecule has 0 aliphatic carbocycles. The number of carbonyl (C=O) groups excluding carboxylic acids is 1. The van der Waals surface area contributed by atoms with Gasteiger partial charge in [0.05, 0.1) is 7.11 Å². The first kappa shape index (κ1) is 21.9. The molecule has 0 spiro atoms. The molecule has 1 fully saturated rings. The van der Waals surface area contributed by atoms with E-state index in [0.717, 1.165) is 26.2 Å². The molecule has 0 bridgehead atoms. The molecule has 1 unspecified atom stereocenters. The van der Waals surface area contributed by atoms with Crippen molar-refractivity contribution in [2.75, 3.05) is 56.7 Å². The van der Waals surface area contributed by atoms with Crippen molar-refractivity contribution in [3.05, 3.63) is 48.0 Å². The van der Waals surface area contributed by atoms with Gasteiger partial charge in [0.1, 0.15) is 12.7 Å². The van der Waals surface area contributed by atoms with E-state index in [4.69, 9.17) is 9.47 Å². The third-order valence-electron chi connectivity index (χ3n) is 5.21. The van der Waals surface area contributed by atoms with E-state index in [2.05, 4.69) is 46.3 Å². The second kappa shape index (κ2) is 10.3. The average molecular weight is 414 g/mol. The Morgan fingerprint density at radius 3 is 2.53 bits per heavy atom. The van der Waals surface area contributed by atoms with Gasteiger partial charge in [-0.25, -0.2) is 0 Å². The van der Waals surface area contributed by atoms with E-state index in [9.17, 15) is 9.90 Å². The minimum absolute atomic E-state index is 0.149. The summed E-state index contributed by atoms with van der Waals surface area (Å²) in [5, 5.41) is 13.2. The number of ether oxygens (including phenoxy) is 2. The minimum Gasteiger partial charge on any atom is -0.493 e. The third-order valence-corrected chi connectivity index (χ3v) is 5.21. The van der Waals surface area contributed by atoms with Gasteiger partial charge in [0, 0.05) is 57.1 Å². The molecule has 1 aliphatic rings. The highest BCUT2D eigenvalue weighted by Crippen LogP contribution is 2.30. The molecule has 1 atom stereocenters. The Balaban J connectivity index is 1.47. The summed E-state index contributed by atoms with van der Waals surface area (Å²) < 4.78 is 11.1. The first-order chi connectivity index (χ1) is 14.5. The third kappa shape index (κ3) is 5.87. The number of carbonyl (C=O) groups is 1. The highest BCUT2D eigenvalue weighted by Gasteiger charge is 2.21. The van der Waals surface area contributed by atoms with Crippen molar-refractivity contribution in [3.63, 3.8) is 0 Å². The Bertz CT molecular complexity index is 850. The topological polar surface area (TPSA) is 74.3 Å². The Morgan fingerprint density at radius 1 is 1.13 bits per heavy atom. The van der Waals surface area contributed by atoms with Crippen LogP contribution in [0.4, 0.5) is 11.4 Å². The molecule has 1 amide bonds.